The molecule has 1 N–H and O–H groups in total. The standard InChI is InChI=1S/C17H21N5O3/c1-12-18-6-9-21(12)7-3-5-15(23)22-8-2-4-14(22)16-19-10-13(11-20-16)17(24)25/h6,9-11,14H,2-5,7-8H2,1H3,(H,24,25). The molecule has 0 saturated carbocycles. The van der Waals surface area contributed by atoms with Crippen LogP contribution in [0.3, 0.4) is 0 Å². The summed E-state index contributed by atoms with van der Waals surface area (Å²) in [5, 5.41) is 8.93. The van der Waals surface area contributed by atoms with Gasteiger partial charge in [-0.3, -0.25) is 4.79 Å². The zero-order valence-corrected chi connectivity index (χ0v) is 14.1. The van der Waals surface area contributed by atoms with Crippen molar-refractivity contribution in [3.8, 4) is 0 Å². The second-order valence-electron chi connectivity index (χ2n) is 6.15. The number of likely N-dealkylation sites (tertiary alicyclic amines) is 1. The number of aromatic nitrogens is 4. The van der Waals surface area contributed by atoms with Gasteiger partial charge in [0.05, 0.1) is 11.6 Å². The molecule has 1 unspecified atom stereocenters. The first-order valence-corrected chi connectivity index (χ1v) is 8.38. The van der Waals surface area contributed by atoms with Gasteiger partial charge >= 0.3 is 5.97 Å². The van der Waals surface area contributed by atoms with Crippen molar-refractivity contribution in [2.45, 2.75) is 45.2 Å². The Morgan fingerprint density at radius 2 is 2.04 bits per heavy atom. The SMILES string of the molecule is Cc1nccn1CCCC(=O)N1CCCC1c1ncc(C(=O)O)cn1. The summed E-state index contributed by atoms with van der Waals surface area (Å²) in [6.45, 7) is 3.40. The van der Waals surface area contributed by atoms with Crippen LogP contribution in [-0.4, -0.2) is 47.9 Å². The van der Waals surface area contributed by atoms with Crippen LogP contribution >= 0.6 is 0 Å². The fraction of sp³-hybridized carbons (Fsp3) is 0.471. The van der Waals surface area contributed by atoms with E-state index in [9.17, 15) is 9.59 Å². The number of carboxylic acid groups (broad SMARTS) is 1. The third-order valence-corrected chi connectivity index (χ3v) is 4.50. The molecule has 0 bridgehead atoms. The number of carbonyl (C=O) groups excluding carboxylic acids is 1. The maximum absolute atomic E-state index is 12.6. The van der Waals surface area contributed by atoms with Gasteiger partial charge in [-0.05, 0) is 26.2 Å². The smallest absolute Gasteiger partial charge is 0.338 e. The summed E-state index contributed by atoms with van der Waals surface area (Å²) in [4.78, 5) is 37.7. The molecule has 1 fully saturated rings. The minimum Gasteiger partial charge on any atom is -0.478 e. The zero-order chi connectivity index (χ0) is 17.8. The van der Waals surface area contributed by atoms with Gasteiger partial charge in [-0.25, -0.2) is 19.7 Å². The van der Waals surface area contributed by atoms with Gasteiger partial charge in [0.25, 0.3) is 0 Å². The maximum atomic E-state index is 12.6. The fourth-order valence-corrected chi connectivity index (χ4v) is 3.14. The van der Waals surface area contributed by atoms with Crippen molar-refractivity contribution in [3.63, 3.8) is 0 Å². The summed E-state index contributed by atoms with van der Waals surface area (Å²) >= 11 is 0. The first-order chi connectivity index (χ1) is 12.1. The lowest BCUT2D eigenvalue weighted by molar-refractivity contribution is -0.132. The van der Waals surface area contributed by atoms with E-state index in [1.807, 2.05) is 22.6 Å². The Kier molecular flexibility index (Phi) is 5.06. The number of carbonyl (C=O) groups is 2. The van der Waals surface area contributed by atoms with Crippen LogP contribution in [0.2, 0.25) is 0 Å². The first kappa shape index (κ1) is 17.1. The quantitative estimate of drug-likeness (QED) is 0.858. The van der Waals surface area contributed by atoms with Crippen molar-refractivity contribution >= 4 is 11.9 Å². The van der Waals surface area contributed by atoms with E-state index in [1.54, 1.807) is 6.20 Å². The van der Waals surface area contributed by atoms with Crippen LogP contribution in [0.1, 0.15) is 53.7 Å². The number of aryl methyl sites for hydroxylation is 2. The molecule has 0 aliphatic carbocycles. The van der Waals surface area contributed by atoms with Gasteiger partial charge in [-0.1, -0.05) is 0 Å². The normalized spacial score (nSPS) is 17.0. The van der Waals surface area contributed by atoms with E-state index in [2.05, 4.69) is 15.0 Å². The summed E-state index contributed by atoms with van der Waals surface area (Å²) < 4.78 is 2.03. The third kappa shape index (κ3) is 3.84. The van der Waals surface area contributed by atoms with Crippen LogP contribution in [-0.2, 0) is 11.3 Å². The lowest BCUT2D eigenvalue weighted by Crippen LogP contribution is -2.31. The van der Waals surface area contributed by atoms with Crippen LogP contribution in [0.15, 0.2) is 24.8 Å². The number of hydrogen-bond acceptors (Lipinski definition) is 5. The highest BCUT2D eigenvalue weighted by atomic mass is 16.4. The van der Waals surface area contributed by atoms with Crippen LogP contribution in [0.5, 0.6) is 0 Å². The van der Waals surface area contributed by atoms with E-state index >= 15 is 0 Å². The molecule has 0 aromatic carbocycles. The summed E-state index contributed by atoms with van der Waals surface area (Å²) in [6.07, 6.45) is 9.18. The predicted molar refractivity (Wildman–Crippen MR) is 88.9 cm³/mol. The molecule has 3 rings (SSSR count). The number of carboxylic acids is 1. The molecule has 1 aliphatic rings. The number of nitrogens with zero attached hydrogens (tertiary/aromatic N) is 5. The van der Waals surface area contributed by atoms with Crippen molar-refractivity contribution < 1.29 is 14.7 Å². The van der Waals surface area contributed by atoms with Crippen LogP contribution in [0, 0.1) is 6.92 Å². The predicted octanol–water partition coefficient (Wildman–Crippen LogP) is 1.82. The van der Waals surface area contributed by atoms with Crippen molar-refractivity contribution in [2.24, 2.45) is 0 Å². The van der Waals surface area contributed by atoms with E-state index in [4.69, 9.17) is 5.11 Å². The van der Waals surface area contributed by atoms with Crippen LogP contribution < -0.4 is 0 Å². The molecule has 2 aromatic heterocycles. The van der Waals surface area contributed by atoms with Crippen molar-refractivity contribution in [1.29, 1.82) is 0 Å². The lowest BCUT2D eigenvalue weighted by atomic mass is 10.2. The fourth-order valence-electron chi connectivity index (χ4n) is 3.14. The van der Waals surface area contributed by atoms with Gasteiger partial charge in [0.1, 0.15) is 5.82 Å². The molecular weight excluding hydrogens is 322 g/mol. The monoisotopic (exact) mass is 343 g/mol. The van der Waals surface area contributed by atoms with Gasteiger partial charge in [-0.15, -0.1) is 0 Å². The molecule has 1 saturated heterocycles. The maximum Gasteiger partial charge on any atom is 0.338 e. The van der Waals surface area contributed by atoms with Gasteiger partial charge < -0.3 is 14.6 Å². The Labute approximate surface area is 145 Å². The summed E-state index contributed by atoms with van der Waals surface area (Å²) in [5.41, 5.74) is 0.0512. The molecule has 1 atom stereocenters. The van der Waals surface area contributed by atoms with Gasteiger partial charge in [0.2, 0.25) is 5.91 Å². The lowest BCUT2D eigenvalue weighted by Gasteiger charge is -2.23. The number of imidazole rings is 1. The van der Waals surface area contributed by atoms with E-state index in [0.29, 0.717) is 18.8 Å². The van der Waals surface area contributed by atoms with Crippen LogP contribution in [0.4, 0.5) is 0 Å². The third-order valence-electron chi connectivity index (χ3n) is 4.50. The molecule has 8 heteroatoms. The molecule has 8 nitrogen and oxygen atoms in total. The average molecular weight is 343 g/mol. The van der Waals surface area contributed by atoms with E-state index < -0.39 is 5.97 Å². The minimum atomic E-state index is -1.05. The Hall–Kier alpha value is -2.77. The Bertz CT molecular complexity index is 756. The van der Waals surface area contributed by atoms with E-state index in [1.165, 1.54) is 12.4 Å². The zero-order valence-electron chi connectivity index (χ0n) is 14.1. The second kappa shape index (κ2) is 7.42. The average Bonchev–Trinajstić information content (AvgIpc) is 3.24. The van der Waals surface area contributed by atoms with E-state index in [-0.39, 0.29) is 17.5 Å². The van der Waals surface area contributed by atoms with Gasteiger partial charge in [0, 0.05) is 44.3 Å². The Morgan fingerprint density at radius 1 is 1.28 bits per heavy atom. The number of rotatable bonds is 6. The number of hydrogen-bond donors (Lipinski definition) is 1. The highest BCUT2D eigenvalue weighted by Gasteiger charge is 2.31. The summed E-state index contributed by atoms with van der Waals surface area (Å²) in [6, 6.07) is -0.162. The second-order valence-corrected chi connectivity index (χ2v) is 6.15. The van der Waals surface area contributed by atoms with Crippen LogP contribution in [0.25, 0.3) is 0 Å². The van der Waals surface area contributed by atoms with Crippen molar-refractivity contribution in [2.75, 3.05) is 6.54 Å². The van der Waals surface area contributed by atoms with Gasteiger partial charge in [-0.2, -0.15) is 0 Å². The molecule has 0 spiro atoms. The first-order valence-electron chi connectivity index (χ1n) is 8.38. The number of amides is 1. The molecule has 0 radical (unpaired) electrons. The molecule has 2 aromatic rings. The highest BCUT2D eigenvalue weighted by Crippen LogP contribution is 2.30. The Balaban J connectivity index is 1.59. The topological polar surface area (TPSA) is 101 Å². The minimum absolute atomic E-state index is 0.0512. The molecule has 1 amide bonds. The summed E-state index contributed by atoms with van der Waals surface area (Å²) in [5.74, 6) is 0.492. The number of aromatic carboxylic acids is 1. The van der Waals surface area contributed by atoms with Crippen molar-refractivity contribution in [3.05, 3.63) is 42.0 Å². The molecule has 25 heavy (non-hydrogen) atoms. The van der Waals surface area contributed by atoms with E-state index in [0.717, 1.165) is 31.6 Å². The Morgan fingerprint density at radius 3 is 2.68 bits per heavy atom. The molecular formula is C17H21N5O3. The molecule has 1 aliphatic heterocycles. The largest absolute Gasteiger partial charge is 0.478 e. The van der Waals surface area contributed by atoms with Crippen molar-refractivity contribution in [1.82, 2.24) is 24.4 Å². The molecule has 132 valence electrons. The van der Waals surface area contributed by atoms with Gasteiger partial charge in [0.15, 0.2) is 5.82 Å². The summed E-state index contributed by atoms with van der Waals surface area (Å²) in [7, 11) is 0. The highest BCUT2D eigenvalue weighted by molar-refractivity contribution is 5.86. The molecule has 3 heterocycles.